The van der Waals surface area contributed by atoms with Crippen LogP contribution in [0.25, 0.3) is 5.69 Å². The van der Waals surface area contributed by atoms with Crippen molar-refractivity contribution in [2.24, 2.45) is 0 Å². The van der Waals surface area contributed by atoms with Crippen LogP contribution in [0.2, 0.25) is 0 Å². The number of benzene rings is 1. The van der Waals surface area contributed by atoms with Crippen molar-refractivity contribution < 1.29 is 13.5 Å². The standard InChI is InChI=1S/C10H6Br2F2N2O/c11-8-5-9(12)16(15-8)6-2-1-3-7(4-6)17-10(13)14/h1-5,10H. The van der Waals surface area contributed by atoms with Gasteiger partial charge in [0.2, 0.25) is 0 Å². The summed E-state index contributed by atoms with van der Waals surface area (Å²) in [5, 5.41) is 4.14. The molecule has 0 saturated heterocycles. The molecule has 0 spiro atoms. The van der Waals surface area contributed by atoms with Gasteiger partial charge in [0.1, 0.15) is 15.0 Å². The van der Waals surface area contributed by atoms with Gasteiger partial charge in [0.15, 0.2) is 0 Å². The van der Waals surface area contributed by atoms with Gasteiger partial charge < -0.3 is 4.74 Å². The van der Waals surface area contributed by atoms with Crippen molar-refractivity contribution >= 4 is 31.9 Å². The van der Waals surface area contributed by atoms with Gasteiger partial charge in [0.05, 0.1) is 5.69 Å². The molecule has 1 aromatic carbocycles. The molecule has 0 atom stereocenters. The smallest absolute Gasteiger partial charge is 0.387 e. The fraction of sp³-hybridized carbons (Fsp3) is 0.100. The van der Waals surface area contributed by atoms with Crippen LogP contribution in [0, 0.1) is 0 Å². The van der Waals surface area contributed by atoms with Crippen molar-refractivity contribution in [2.75, 3.05) is 0 Å². The third-order valence-electron chi connectivity index (χ3n) is 1.92. The van der Waals surface area contributed by atoms with Crippen molar-refractivity contribution in [1.29, 1.82) is 0 Å². The van der Waals surface area contributed by atoms with E-state index in [1.54, 1.807) is 22.9 Å². The molecule has 1 aromatic heterocycles. The second-order valence-corrected chi connectivity index (χ2v) is 4.70. The molecule has 0 N–H and O–H groups in total. The number of halogens is 4. The molecule has 1 heterocycles. The van der Waals surface area contributed by atoms with Gasteiger partial charge in [-0.3, -0.25) is 0 Å². The molecule has 0 aliphatic carbocycles. The van der Waals surface area contributed by atoms with Crippen LogP contribution in [0.15, 0.2) is 39.5 Å². The molecule has 0 aliphatic rings. The topological polar surface area (TPSA) is 27.1 Å². The van der Waals surface area contributed by atoms with Crippen molar-refractivity contribution in [3.8, 4) is 11.4 Å². The summed E-state index contributed by atoms with van der Waals surface area (Å²) in [6.45, 7) is -2.84. The average Bonchev–Trinajstić information content (AvgIpc) is 2.57. The maximum atomic E-state index is 12.1. The van der Waals surface area contributed by atoms with Crippen LogP contribution >= 0.6 is 31.9 Å². The second-order valence-electron chi connectivity index (χ2n) is 3.08. The quantitative estimate of drug-likeness (QED) is 0.819. The zero-order valence-electron chi connectivity index (χ0n) is 8.28. The fourth-order valence-electron chi connectivity index (χ4n) is 1.30. The molecule has 0 saturated carbocycles. The van der Waals surface area contributed by atoms with Crippen molar-refractivity contribution in [1.82, 2.24) is 9.78 Å². The van der Waals surface area contributed by atoms with Gasteiger partial charge in [0, 0.05) is 12.1 Å². The molecule has 0 unspecified atom stereocenters. The summed E-state index contributed by atoms with van der Waals surface area (Å²) in [5.74, 6) is 0.0935. The van der Waals surface area contributed by atoms with Gasteiger partial charge in [-0.1, -0.05) is 6.07 Å². The van der Waals surface area contributed by atoms with Crippen LogP contribution in [0.5, 0.6) is 5.75 Å². The van der Waals surface area contributed by atoms with E-state index in [2.05, 4.69) is 41.7 Å². The van der Waals surface area contributed by atoms with Crippen LogP contribution < -0.4 is 4.74 Å². The first-order valence-electron chi connectivity index (χ1n) is 4.52. The van der Waals surface area contributed by atoms with Crippen LogP contribution in [-0.2, 0) is 0 Å². The summed E-state index contributed by atoms with van der Waals surface area (Å²) in [4.78, 5) is 0. The minimum Gasteiger partial charge on any atom is -0.435 e. The third kappa shape index (κ3) is 3.04. The molecular formula is C10H6Br2F2N2O. The van der Waals surface area contributed by atoms with Crippen LogP contribution in [-0.4, -0.2) is 16.4 Å². The average molecular weight is 368 g/mol. The Bertz CT molecular complexity index is 531. The summed E-state index contributed by atoms with van der Waals surface area (Å²) in [5.41, 5.74) is 0.626. The van der Waals surface area contributed by atoms with Gasteiger partial charge in [-0.2, -0.15) is 13.9 Å². The van der Waals surface area contributed by atoms with Gasteiger partial charge in [-0.15, -0.1) is 0 Å². The summed E-state index contributed by atoms with van der Waals surface area (Å²) in [7, 11) is 0. The lowest BCUT2D eigenvalue weighted by Gasteiger charge is -2.07. The molecule has 90 valence electrons. The highest BCUT2D eigenvalue weighted by molar-refractivity contribution is 9.11. The lowest BCUT2D eigenvalue weighted by molar-refractivity contribution is -0.0498. The molecule has 7 heteroatoms. The summed E-state index contributed by atoms with van der Waals surface area (Å²) < 4.78 is 31.4. The molecule has 0 bridgehead atoms. The number of hydrogen-bond acceptors (Lipinski definition) is 2. The number of hydrogen-bond donors (Lipinski definition) is 0. The third-order valence-corrected chi connectivity index (χ3v) is 2.88. The number of ether oxygens (including phenoxy) is 1. The summed E-state index contributed by atoms with van der Waals surface area (Å²) in [6, 6.07) is 8.05. The maximum Gasteiger partial charge on any atom is 0.387 e. The molecule has 0 fully saturated rings. The first-order valence-corrected chi connectivity index (χ1v) is 6.11. The van der Waals surface area contributed by atoms with E-state index in [0.29, 0.717) is 14.9 Å². The molecule has 3 nitrogen and oxygen atoms in total. The lowest BCUT2D eigenvalue weighted by Crippen LogP contribution is -2.03. The van der Waals surface area contributed by atoms with Gasteiger partial charge in [-0.25, -0.2) is 4.68 Å². The molecule has 0 aliphatic heterocycles. The summed E-state index contributed by atoms with van der Waals surface area (Å²) in [6.07, 6.45) is 0. The van der Waals surface area contributed by atoms with E-state index in [-0.39, 0.29) is 5.75 Å². The van der Waals surface area contributed by atoms with Crippen molar-refractivity contribution in [3.05, 3.63) is 39.5 Å². The largest absolute Gasteiger partial charge is 0.435 e. The Morgan fingerprint density at radius 1 is 1.24 bits per heavy atom. The van der Waals surface area contributed by atoms with E-state index in [1.807, 2.05) is 0 Å². The van der Waals surface area contributed by atoms with Gasteiger partial charge in [-0.05, 0) is 44.0 Å². The van der Waals surface area contributed by atoms with Gasteiger partial charge in [0.25, 0.3) is 0 Å². The highest BCUT2D eigenvalue weighted by Gasteiger charge is 2.08. The SMILES string of the molecule is FC(F)Oc1cccc(-n2nc(Br)cc2Br)c1. The number of nitrogens with zero attached hydrogens (tertiary/aromatic N) is 2. The zero-order valence-corrected chi connectivity index (χ0v) is 11.5. The molecule has 17 heavy (non-hydrogen) atoms. The Labute approximate surface area is 113 Å². The minimum absolute atomic E-state index is 0.0935. The lowest BCUT2D eigenvalue weighted by atomic mass is 10.3. The Morgan fingerprint density at radius 3 is 2.59 bits per heavy atom. The molecule has 2 aromatic rings. The highest BCUT2D eigenvalue weighted by Crippen LogP contribution is 2.24. The Kier molecular flexibility index (Phi) is 3.78. The van der Waals surface area contributed by atoms with E-state index >= 15 is 0 Å². The number of rotatable bonds is 3. The molecule has 2 rings (SSSR count). The normalized spacial score (nSPS) is 10.9. The monoisotopic (exact) mass is 366 g/mol. The Balaban J connectivity index is 2.36. The maximum absolute atomic E-state index is 12.1. The predicted octanol–water partition coefficient (Wildman–Crippen LogP) is 4.00. The molecule has 0 radical (unpaired) electrons. The van der Waals surface area contributed by atoms with E-state index in [9.17, 15) is 8.78 Å². The Hall–Kier alpha value is -0.950. The van der Waals surface area contributed by atoms with Crippen LogP contribution in [0.4, 0.5) is 8.78 Å². The summed E-state index contributed by atoms with van der Waals surface area (Å²) >= 11 is 6.54. The zero-order chi connectivity index (χ0) is 12.4. The van der Waals surface area contributed by atoms with E-state index in [1.165, 1.54) is 12.1 Å². The Morgan fingerprint density at radius 2 is 2.00 bits per heavy atom. The second kappa shape index (κ2) is 5.14. The minimum atomic E-state index is -2.84. The highest BCUT2D eigenvalue weighted by atomic mass is 79.9. The van der Waals surface area contributed by atoms with E-state index in [4.69, 9.17) is 0 Å². The fourth-order valence-corrected chi connectivity index (χ4v) is 2.49. The number of aromatic nitrogens is 2. The van der Waals surface area contributed by atoms with E-state index in [0.717, 1.165) is 0 Å². The van der Waals surface area contributed by atoms with Crippen molar-refractivity contribution in [3.63, 3.8) is 0 Å². The first-order chi connectivity index (χ1) is 8.06. The van der Waals surface area contributed by atoms with Crippen LogP contribution in [0.1, 0.15) is 0 Å². The number of alkyl halides is 2. The van der Waals surface area contributed by atoms with Crippen LogP contribution in [0.3, 0.4) is 0 Å². The molecule has 0 amide bonds. The van der Waals surface area contributed by atoms with E-state index < -0.39 is 6.61 Å². The van der Waals surface area contributed by atoms with Gasteiger partial charge >= 0.3 is 6.61 Å². The molecular weight excluding hydrogens is 362 g/mol. The van der Waals surface area contributed by atoms with Crippen molar-refractivity contribution in [2.45, 2.75) is 6.61 Å². The first kappa shape index (κ1) is 12.5. The predicted molar refractivity (Wildman–Crippen MR) is 65.6 cm³/mol.